The highest BCUT2D eigenvalue weighted by Crippen LogP contribution is 2.40. The molecule has 1 unspecified atom stereocenters. The van der Waals surface area contributed by atoms with Gasteiger partial charge in [-0.25, -0.2) is 0 Å². The Kier molecular flexibility index (Phi) is 2.29. The van der Waals surface area contributed by atoms with Crippen molar-refractivity contribution < 1.29 is 0 Å². The lowest BCUT2D eigenvalue weighted by molar-refractivity contribution is 0.496. The molecule has 1 aromatic heterocycles. The summed E-state index contributed by atoms with van der Waals surface area (Å²) in [6, 6.07) is 4.46. The molecule has 0 saturated heterocycles. The molecule has 0 aromatic carbocycles. The number of pyridine rings is 1. The van der Waals surface area contributed by atoms with Crippen molar-refractivity contribution >= 4 is 0 Å². The third kappa shape index (κ3) is 1.87. The van der Waals surface area contributed by atoms with Crippen molar-refractivity contribution in [3.05, 3.63) is 29.6 Å². The topological polar surface area (TPSA) is 50.9 Å². The van der Waals surface area contributed by atoms with Gasteiger partial charge in [-0.15, -0.1) is 0 Å². The van der Waals surface area contributed by atoms with Crippen LogP contribution in [0.5, 0.6) is 0 Å². The normalized spacial score (nSPS) is 18.6. The van der Waals surface area contributed by atoms with E-state index in [-0.39, 0.29) is 0 Å². The van der Waals surface area contributed by atoms with Gasteiger partial charge in [-0.3, -0.25) is 16.3 Å². The predicted molar refractivity (Wildman–Crippen MR) is 51.8 cm³/mol. The van der Waals surface area contributed by atoms with Gasteiger partial charge in [0.05, 0.1) is 0 Å². The third-order valence-corrected chi connectivity index (χ3v) is 2.55. The second kappa shape index (κ2) is 3.44. The second-order valence-corrected chi connectivity index (χ2v) is 3.71. The maximum absolute atomic E-state index is 5.53. The first kappa shape index (κ1) is 8.66. The lowest BCUT2D eigenvalue weighted by atomic mass is 10.0. The Labute approximate surface area is 78.3 Å². The Balaban J connectivity index is 2.21. The number of aryl methyl sites for hydroxylation is 1. The van der Waals surface area contributed by atoms with E-state index >= 15 is 0 Å². The van der Waals surface area contributed by atoms with Gasteiger partial charge in [0.2, 0.25) is 0 Å². The lowest BCUT2D eigenvalue weighted by Gasteiger charge is -2.15. The molecule has 0 radical (unpaired) electrons. The molecule has 3 nitrogen and oxygen atoms in total. The predicted octanol–water partition coefficient (Wildman–Crippen LogP) is 1.30. The number of aromatic nitrogens is 1. The standard InChI is InChI=1S/C10H15N3/c1-7-6-9(4-5-12-7)10(13-11)8-2-3-8/h4-6,8,10,13H,2-3,11H2,1H3. The lowest BCUT2D eigenvalue weighted by Crippen LogP contribution is -2.29. The highest BCUT2D eigenvalue weighted by Gasteiger charge is 2.31. The fraction of sp³-hybridized carbons (Fsp3) is 0.500. The Hall–Kier alpha value is -0.930. The minimum Gasteiger partial charge on any atom is -0.271 e. The molecule has 1 saturated carbocycles. The van der Waals surface area contributed by atoms with Crippen LogP contribution >= 0.6 is 0 Å². The van der Waals surface area contributed by atoms with Gasteiger partial charge >= 0.3 is 0 Å². The molecule has 1 aliphatic rings. The number of hydrogen-bond donors (Lipinski definition) is 2. The van der Waals surface area contributed by atoms with Crippen LogP contribution in [0.15, 0.2) is 18.3 Å². The molecule has 0 amide bonds. The fourth-order valence-electron chi connectivity index (χ4n) is 1.69. The van der Waals surface area contributed by atoms with E-state index < -0.39 is 0 Å². The summed E-state index contributed by atoms with van der Waals surface area (Å²) in [5.41, 5.74) is 5.20. The zero-order chi connectivity index (χ0) is 9.26. The van der Waals surface area contributed by atoms with Crippen LogP contribution < -0.4 is 11.3 Å². The smallest absolute Gasteiger partial charge is 0.0489 e. The van der Waals surface area contributed by atoms with Crippen LogP contribution in [0.2, 0.25) is 0 Å². The fourth-order valence-corrected chi connectivity index (χ4v) is 1.69. The van der Waals surface area contributed by atoms with E-state index in [0.717, 1.165) is 11.6 Å². The Morgan fingerprint density at radius 1 is 1.62 bits per heavy atom. The molecule has 13 heavy (non-hydrogen) atoms. The van der Waals surface area contributed by atoms with Crippen LogP contribution in [0.3, 0.4) is 0 Å². The summed E-state index contributed by atoms with van der Waals surface area (Å²) in [4.78, 5) is 4.17. The first-order valence-electron chi connectivity index (χ1n) is 4.70. The van der Waals surface area contributed by atoms with E-state index in [9.17, 15) is 0 Å². The van der Waals surface area contributed by atoms with Gasteiger partial charge in [0, 0.05) is 17.9 Å². The average molecular weight is 177 g/mol. The van der Waals surface area contributed by atoms with E-state index in [2.05, 4.69) is 16.5 Å². The number of nitrogens with one attached hydrogen (secondary N) is 1. The summed E-state index contributed by atoms with van der Waals surface area (Å²) in [5, 5.41) is 0. The second-order valence-electron chi connectivity index (χ2n) is 3.71. The number of nitrogens with two attached hydrogens (primary N) is 1. The SMILES string of the molecule is Cc1cc(C(NN)C2CC2)ccn1. The summed E-state index contributed by atoms with van der Waals surface area (Å²) in [6.45, 7) is 2.00. The summed E-state index contributed by atoms with van der Waals surface area (Å²) >= 11 is 0. The number of nitrogens with zero attached hydrogens (tertiary/aromatic N) is 1. The monoisotopic (exact) mass is 177 g/mol. The zero-order valence-corrected chi connectivity index (χ0v) is 7.83. The van der Waals surface area contributed by atoms with Gasteiger partial charge in [0.25, 0.3) is 0 Å². The van der Waals surface area contributed by atoms with Gasteiger partial charge in [-0.1, -0.05) is 0 Å². The zero-order valence-electron chi connectivity index (χ0n) is 7.83. The Bertz CT molecular complexity index is 294. The summed E-state index contributed by atoms with van der Waals surface area (Å²) in [7, 11) is 0. The van der Waals surface area contributed by atoms with Crippen molar-refractivity contribution in [2.24, 2.45) is 11.8 Å². The molecule has 0 bridgehead atoms. The van der Waals surface area contributed by atoms with E-state index in [1.54, 1.807) is 0 Å². The molecule has 3 N–H and O–H groups in total. The molecule has 1 heterocycles. The van der Waals surface area contributed by atoms with Crippen molar-refractivity contribution in [1.82, 2.24) is 10.4 Å². The Morgan fingerprint density at radius 3 is 2.92 bits per heavy atom. The van der Waals surface area contributed by atoms with E-state index in [0.29, 0.717) is 6.04 Å². The molecule has 1 atom stereocenters. The molecular formula is C10H15N3. The third-order valence-electron chi connectivity index (χ3n) is 2.55. The van der Waals surface area contributed by atoms with Gasteiger partial charge in [0.1, 0.15) is 0 Å². The minimum atomic E-state index is 0.321. The summed E-state index contributed by atoms with van der Waals surface area (Å²) in [6.07, 6.45) is 4.42. The minimum absolute atomic E-state index is 0.321. The first-order chi connectivity index (χ1) is 6.31. The molecular weight excluding hydrogens is 162 g/mol. The number of hydrazine groups is 1. The molecule has 0 spiro atoms. The van der Waals surface area contributed by atoms with Crippen LogP contribution in [-0.2, 0) is 0 Å². The number of rotatable bonds is 3. The Morgan fingerprint density at radius 2 is 2.38 bits per heavy atom. The summed E-state index contributed by atoms with van der Waals surface area (Å²) in [5.74, 6) is 6.25. The quantitative estimate of drug-likeness (QED) is 0.540. The molecule has 70 valence electrons. The molecule has 1 aliphatic carbocycles. The van der Waals surface area contributed by atoms with Crippen molar-refractivity contribution in [2.45, 2.75) is 25.8 Å². The van der Waals surface area contributed by atoms with Crippen LogP contribution in [0.1, 0.15) is 30.1 Å². The van der Waals surface area contributed by atoms with E-state index in [1.807, 2.05) is 19.2 Å². The first-order valence-corrected chi connectivity index (χ1v) is 4.70. The van der Waals surface area contributed by atoms with E-state index in [4.69, 9.17) is 5.84 Å². The van der Waals surface area contributed by atoms with E-state index in [1.165, 1.54) is 18.4 Å². The van der Waals surface area contributed by atoms with Crippen molar-refractivity contribution in [3.63, 3.8) is 0 Å². The van der Waals surface area contributed by atoms with Crippen molar-refractivity contribution in [2.75, 3.05) is 0 Å². The van der Waals surface area contributed by atoms with Gasteiger partial charge in [-0.2, -0.15) is 0 Å². The molecule has 1 fully saturated rings. The van der Waals surface area contributed by atoms with Crippen molar-refractivity contribution in [3.8, 4) is 0 Å². The average Bonchev–Trinajstić information content (AvgIpc) is 2.90. The highest BCUT2D eigenvalue weighted by atomic mass is 15.2. The van der Waals surface area contributed by atoms with Gasteiger partial charge in [-0.05, 0) is 43.4 Å². The number of hydrogen-bond acceptors (Lipinski definition) is 3. The van der Waals surface area contributed by atoms with Crippen molar-refractivity contribution in [1.29, 1.82) is 0 Å². The van der Waals surface area contributed by atoms with Crippen LogP contribution in [0, 0.1) is 12.8 Å². The van der Waals surface area contributed by atoms with Crippen LogP contribution in [0.4, 0.5) is 0 Å². The highest BCUT2D eigenvalue weighted by molar-refractivity contribution is 5.21. The van der Waals surface area contributed by atoms with Crippen LogP contribution in [-0.4, -0.2) is 4.98 Å². The maximum atomic E-state index is 5.53. The van der Waals surface area contributed by atoms with Gasteiger partial charge < -0.3 is 0 Å². The van der Waals surface area contributed by atoms with Gasteiger partial charge in [0.15, 0.2) is 0 Å². The molecule has 1 aromatic rings. The largest absolute Gasteiger partial charge is 0.271 e. The molecule has 2 rings (SSSR count). The molecule has 0 aliphatic heterocycles. The summed E-state index contributed by atoms with van der Waals surface area (Å²) < 4.78 is 0. The molecule has 3 heteroatoms. The van der Waals surface area contributed by atoms with Crippen LogP contribution in [0.25, 0.3) is 0 Å². The maximum Gasteiger partial charge on any atom is 0.0489 e.